The van der Waals surface area contributed by atoms with Gasteiger partial charge in [-0.15, -0.1) is 0 Å². The first-order valence-corrected chi connectivity index (χ1v) is 9.45. The highest BCUT2D eigenvalue weighted by Crippen LogP contribution is 2.11. The van der Waals surface area contributed by atoms with Crippen molar-refractivity contribution in [2.45, 2.75) is 38.5 Å². The van der Waals surface area contributed by atoms with Gasteiger partial charge >= 0.3 is 5.97 Å². The second-order valence-electron chi connectivity index (χ2n) is 6.63. The molecule has 0 saturated heterocycles. The van der Waals surface area contributed by atoms with Crippen LogP contribution < -0.4 is 0 Å². The molecule has 0 unspecified atom stereocenters. The molecule has 0 aliphatic carbocycles. The average molecular weight is 368 g/mol. The van der Waals surface area contributed by atoms with Crippen LogP contribution in [-0.4, -0.2) is 32.1 Å². The highest BCUT2D eigenvalue weighted by molar-refractivity contribution is 5.84. The summed E-state index contributed by atoms with van der Waals surface area (Å²) in [6, 6.07) is 18.7. The highest BCUT2D eigenvalue weighted by atomic mass is 16.5. The molecule has 0 N–H and O–H groups in total. The standard InChI is InChI=1S/C23H28O4/c1-26-16-15-23(25)27-18-22(24)17-21-13-11-20(12-14-21)10-6-5-9-19-7-3-2-4-8-19/h2-4,7-8,11-14H,5-6,9-10,15-18H2,1H3. The van der Waals surface area contributed by atoms with Crippen molar-refractivity contribution in [2.75, 3.05) is 20.3 Å². The molecule has 0 heterocycles. The lowest BCUT2D eigenvalue weighted by molar-refractivity contribution is -0.148. The molecule has 0 bridgehead atoms. The second kappa shape index (κ2) is 12.0. The molecule has 4 nitrogen and oxygen atoms in total. The first-order valence-electron chi connectivity index (χ1n) is 9.45. The first kappa shape index (κ1) is 20.8. The number of hydrogen-bond donors (Lipinski definition) is 0. The Kier molecular flexibility index (Phi) is 9.28. The molecule has 2 aromatic carbocycles. The molecule has 0 aliphatic heterocycles. The van der Waals surface area contributed by atoms with Crippen molar-refractivity contribution in [2.24, 2.45) is 0 Å². The van der Waals surface area contributed by atoms with E-state index >= 15 is 0 Å². The average Bonchev–Trinajstić information content (AvgIpc) is 2.70. The normalized spacial score (nSPS) is 10.6. The van der Waals surface area contributed by atoms with Crippen LogP contribution in [0.3, 0.4) is 0 Å². The SMILES string of the molecule is COCCC(=O)OCC(=O)Cc1ccc(CCCCc2ccccc2)cc1. The van der Waals surface area contributed by atoms with Gasteiger partial charge in [0.25, 0.3) is 0 Å². The second-order valence-corrected chi connectivity index (χ2v) is 6.63. The minimum Gasteiger partial charge on any atom is -0.458 e. The molecular weight excluding hydrogens is 340 g/mol. The molecule has 144 valence electrons. The first-order chi connectivity index (χ1) is 13.2. The number of esters is 1. The lowest BCUT2D eigenvalue weighted by Gasteiger charge is -2.06. The van der Waals surface area contributed by atoms with Crippen molar-refractivity contribution in [1.82, 2.24) is 0 Å². The van der Waals surface area contributed by atoms with Gasteiger partial charge in [-0.3, -0.25) is 9.59 Å². The Labute approximate surface area is 161 Å². The Morgan fingerprint density at radius 2 is 1.41 bits per heavy atom. The summed E-state index contributed by atoms with van der Waals surface area (Å²) < 4.78 is 9.73. The van der Waals surface area contributed by atoms with Gasteiger partial charge in [-0.05, 0) is 42.4 Å². The maximum absolute atomic E-state index is 11.9. The quantitative estimate of drug-likeness (QED) is 0.421. The smallest absolute Gasteiger partial charge is 0.308 e. The number of ketones is 1. The Hall–Kier alpha value is -2.46. The van der Waals surface area contributed by atoms with E-state index in [4.69, 9.17) is 9.47 Å². The van der Waals surface area contributed by atoms with Crippen LogP contribution in [0.25, 0.3) is 0 Å². The maximum Gasteiger partial charge on any atom is 0.308 e. The molecule has 0 aromatic heterocycles. The summed E-state index contributed by atoms with van der Waals surface area (Å²) in [5, 5.41) is 0. The summed E-state index contributed by atoms with van der Waals surface area (Å²) in [5.74, 6) is -0.507. The highest BCUT2D eigenvalue weighted by Gasteiger charge is 2.08. The number of hydrogen-bond acceptors (Lipinski definition) is 4. The number of carbonyl (C=O) groups is 2. The topological polar surface area (TPSA) is 52.6 Å². The van der Waals surface area contributed by atoms with E-state index < -0.39 is 5.97 Å². The lowest BCUT2D eigenvalue weighted by atomic mass is 10.0. The number of unbranched alkanes of at least 4 members (excludes halogenated alkanes) is 1. The van der Waals surface area contributed by atoms with Crippen molar-refractivity contribution < 1.29 is 19.1 Å². The maximum atomic E-state index is 11.9. The number of Topliss-reactive ketones (excluding diaryl/α,β-unsaturated/α-hetero) is 1. The summed E-state index contributed by atoms with van der Waals surface area (Å²) in [6.07, 6.45) is 4.91. The van der Waals surface area contributed by atoms with Crippen LogP contribution >= 0.6 is 0 Å². The molecule has 4 heteroatoms. The van der Waals surface area contributed by atoms with E-state index in [-0.39, 0.29) is 25.2 Å². The Bertz CT molecular complexity index is 692. The molecule has 0 radical (unpaired) electrons. The van der Waals surface area contributed by atoms with E-state index in [9.17, 15) is 9.59 Å². The zero-order valence-electron chi connectivity index (χ0n) is 16.0. The Morgan fingerprint density at radius 1 is 0.815 bits per heavy atom. The van der Waals surface area contributed by atoms with Crippen LogP contribution in [-0.2, 0) is 38.3 Å². The molecule has 27 heavy (non-hydrogen) atoms. The molecule has 0 saturated carbocycles. The summed E-state index contributed by atoms with van der Waals surface area (Å²) >= 11 is 0. The van der Waals surface area contributed by atoms with Crippen LogP contribution in [0.15, 0.2) is 54.6 Å². The van der Waals surface area contributed by atoms with E-state index in [1.807, 2.05) is 18.2 Å². The van der Waals surface area contributed by atoms with Crippen LogP contribution in [0.5, 0.6) is 0 Å². The fourth-order valence-corrected chi connectivity index (χ4v) is 2.82. The van der Waals surface area contributed by atoms with Crippen molar-refractivity contribution in [1.29, 1.82) is 0 Å². The van der Waals surface area contributed by atoms with Gasteiger partial charge in [0.15, 0.2) is 5.78 Å². The number of carbonyl (C=O) groups excluding carboxylic acids is 2. The van der Waals surface area contributed by atoms with Crippen molar-refractivity contribution in [3.8, 4) is 0 Å². The number of ether oxygens (including phenoxy) is 2. The van der Waals surface area contributed by atoms with E-state index in [0.717, 1.165) is 24.8 Å². The molecule has 2 rings (SSSR count). The van der Waals surface area contributed by atoms with Crippen molar-refractivity contribution in [3.05, 3.63) is 71.3 Å². The predicted molar refractivity (Wildman–Crippen MR) is 106 cm³/mol. The molecular formula is C23H28O4. The van der Waals surface area contributed by atoms with E-state index in [2.05, 4.69) is 36.4 Å². The van der Waals surface area contributed by atoms with Crippen LogP contribution in [0.1, 0.15) is 36.0 Å². The number of rotatable bonds is 12. The summed E-state index contributed by atoms with van der Waals surface area (Å²) in [4.78, 5) is 23.3. The van der Waals surface area contributed by atoms with E-state index in [0.29, 0.717) is 6.61 Å². The zero-order valence-corrected chi connectivity index (χ0v) is 16.0. The summed E-state index contributed by atoms with van der Waals surface area (Å²) in [5.41, 5.74) is 3.61. The van der Waals surface area contributed by atoms with Crippen LogP contribution in [0, 0.1) is 0 Å². The molecule has 0 fully saturated rings. The number of benzene rings is 2. The van der Waals surface area contributed by atoms with Crippen molar-refractivity contribution >= 4 is 11.8 Å². The van der Waals surface area contributed by atoms with E-state index in [1.165, 1.54) is 24.7 Å². The predicted octanol–water partition coefficient (Wildman–Crippen LogP) is 3.94. The van der Waals surface area contributed by atoms with Gasteiger partial charge in [-0.2, -0.15) is 0 Å². The summed E-state index contributed by atoms with van der Waals surface area (Å²) in [6.45, 7) is 0.129. The number of methoxy groups -OCH3 is 1. The van der Waals surface area contributed by atoms with Gasteiger partial charge in [-0.25, -0.2) is 0 Å². The third-order valence-corrected chi connectivity index (χ3v) is 4.35. The summed E-state index contributed by atoms with van der Waals surface area (Å²) in [7, 11) is 1.52. The monoisotopic (exact) mass is 368 g/mol. The van der Waals surface area contributed by atoms with Gasteiger partial charge < -0.3 is 9.47 Å². The van der Waals surface area contributed by atoms with Gasteiger partial charge in [-0.1, -0.05) is 54.6 Å². The van der Waals surface area contributed by atoms with Gasteiger partial charge in [0, 0.05) is 13.5 Å². The molecule has 0 aliphatic rings. The fraction of sp³-hybridized carbons (Fsp3) is 0.391. The lowest BCUT2D eigenvalue weighted by Crippen LogP contribution is -2.16. The van der Waals surface area contributed by atoms with Crippen LogP contribution in [0.2, 0.25) is 0 Å². The van der Waals surface area contributed by atoms with Crippen LogP contribution in [0.4, 0.5) is 0 Å². The zero-order chi connectivity index (χ0) is 19.3. The fourth-order valence-electron chi connectivity index (χ4n) is 2.82. The minimum absolute atomic E-state index is 0.101. The Morgan fingerprint density at radius 3 is 2.04 bits per heavy atom. The molecule has 0 atom stereocenters. The minimum atomic E-state index is -0.406. The third kappa shape index (κ3) is 8.65. The molecule has 0 amide bonds. The molecule has 2 aromatic rings. The Balaban J connectivity index is 1.65. The van der Waals surface area contributed by atoms with Gasteiger partial charge in [0.2, 0.25) is 0 Å². The third-order valence-electron chi connectivity index (χ3n) is 4.35. The molecule has 0 spiro atoms. The van der Waals surface area contributed by atoms with Gasteiger partial charge in [0.05, 0.1) is 13.0 Å². The van der Waals surface area contributed by atoms with E-state index in [1.54, 1.807) is 0 Å². The number of aryl methyl sites for hydroxylation is 2. The van der Waals surface area contributed by atoms with Crippen molar-refractivity contribution in [3.63, 3.8) is 0 Å². The van der Waals surface area contributed by atoms with Gasteiger partial charge in [0.1, 0.15) is 6.61 Å². The largest absolute Gasteiger partial charge is 0.458 e.